The molecule has 2 aromatic carbocycles. The van der Waals surface area contributed by atoms with Gasteiger partial charge in [0.05, 0.1) is 11.7 Å². The van der Waals surface area contributed by atoms with Gasteiger partial charge in [-0.2, -0.15) is 10.2 Å². The minimum atomic E-state index is 0.775. The second kappa shape index (κ2) is 4.66. The summed E-state index contributed by atoms with van der Waals surface area (Å²) in [7, 11) is 0. The fourth-order valence-electron chi connectivity index (χ4n) is 1.73. The van der Waals surface area contributed by atoms with E-state index in [0.29, 0.717) is 0 Å². The Bertz CT molecular complexity index is 675. The summed E-state index contributed by atoms with van der Waals surface area (Å²) >= 11 is 1.67. The molecule has 4 heteroatoms. The Labute approximate surface area is 109 Å². The van der Waals surface area contributed by atoms with E-state index in [1.807, 2.05) is 42.5 Å². The lowest BCUT2D eigenvalue weighted by Crippen LogP contribution is -1.86. The van der Waals surface area contributed by atoms with Crippen LogP contribution in [-0.4, -0.2) is 10.2 Å². The Hall–Kier alpha value is -2.07. The van der Waals surface area contributed by atoms with Crippen LogP contribution in [-0.2, 0) is 0 Å². The minimum absolute atomic E-state index is 0.775. The summed E-state index contributed by atoms with van der Waals surface area (Å²) in [4.78, 5) is 2.24. The van der Waals surface area contributed by atoms with Gasteiger partial charge in [0.15, 0.2) is 0 Å². The fourth-order valence-corrected chi connectivity index (χ4v) is 2.63. The quantitative estimate of drug-likeness (QED) is 0.711. The number of fused-ring (bicyclic) bond motifs is 1. The molecule has 0 radical (unpaired) electrons. The smallest absolute Gasteiger partial charge is 0.0941 e. The Kier molecular flexibility index (Phi) is 2.86. The molecule has 3 nitrogen and oxygen atoms in total. The van der Waals surface area contributed by atoms with Gasteiger partial charge in [-0.3, -0.25) is 0 Å². The fraction of sp³-hybridized carbons (Fsp3) is 0. The lowest BCUT2D eigenvalue weighted by atomic mass is 10.2. The molecule has 0 fully saturated rings. The van der Waals surface area contributed by atoms with Crippen molar-refractivity contribution in [1.82, 2.24) is 10.2 Å². The molecule has 0 amide bonds. The van der Waals surface area contributed by atoms with Crippen molar-refractivity contribution in [2.45, 2.75) is 9.79 Å². The molecule has 18 heavy (non-hydrogen) atoms. The summed E-state index contributed by atoms with van der Waals surface area (Å²) in [6.07, 6.45) is 1.79. The van der Waals surface area contributed by atoms with Gasteiger partial charge in [-0.15, -0.1) is 0 Å². The standard InChI is InChI=1S/C14H11N3S/c15-10-5-7-11(8-6-10)18-14-9-16-17-13-4-2-1-3-12(13)14/h1-9H,15H2. The molecular weight excluding hydrogens is 242 g/mol. The topological polar surface area (TPSA) is 51.8 Å². The summed E-state index contributed by atoms with van der Waals surface area (Å²) in [6.45, 7) is 0. The van der Waals surface area contributed by atoms with Crippen LogP contribution in [0.5, 0.6) is 0 Å². The number of nitrogens with two attached hydrogens (primary N) is 1. The number of aromatic nitrogens is 2. The van der Waals surface area contributed by atoms with Gasteiger partial charge in [0.25, 0.3) is 0 Å². The van der Waals surface area contributed by atoms with E-state index in [1.165, 1.54) is 0 Å². The minimum Gasteiger partial charge on any atom is -0.399 e. The first-order valence-electron chi connectivity index (χ1n) is 5.57. The lowest BCUT2D eigenvalue weighted by Gasteiger charge is -2.04. The molecule has 0 saturated carbocycles. The summed E-state index contributed by atoms with van der Waals surface area (Å²) < 4.78 is 0. The molecule has 2 N–H and O–H groups in total. The van der Waals surface area contributed by atoms with E-state index in [-0.39, 0.29) is 0 Å². The molecule has 1 heterocycles. The van der Waals surface area contributed by atoms with Gasteiger partial charge in [0.1, 0.15) is 0 Å². The molecular formula is C14H11N3S. The normalized spacial score (nSPS) is 10.7. The molecule has 0 atom stereocenters. The van der Waals surface area contributed by atoms with Crippen molar-refractivity contribution in [3.63, 3.8) is 0 Å². The molecule has 0 spiro atoms. The van der Waals surface area contributed by atoms with Gasteiger partial charge in [0.2, 0.25) is 0 Å². The van der Waals surface area contributed by atoms with Crippen LogP contribution < -0.4 is 5.73 Å². The highest BCUT2D eigenvalue weighted by molar-refractivity contribution is 7.99. The monoisotopic (exact) mass is 253 g/mol. The van der Waals surface area contributed by atoms with Crippen molar-refractivity contribution >= 4 is 28.4 Å². The van der Waals surface area contributed by atoms with Crippen molar-refractivity contribution < 1.29 is 0 Å². The highest BCUT2D eigenvalue weighted by atomic mass is 32.2. The summed E-state index contributed by atoms with van der Waals surface area (Å²) in [6, 6.07) is 15.8. The van der Waals surface area contributed by atoms with Gasteiger partial charge < -0.3 is 5.73 Å². The zero-order valence-electron chi connectivity index (χ0n) is 9.58. The van der Waals surface area contributed by atoms with E-state index in [1.54, 1.807) is 18.0 Å². The Morgan fingerprint density at radius 2 is 1.72 bits per heavy atom. The van der Waals surface area contributed by atoms with Crippen LogP contribution in [0.15, 0.2) is 64.5 Å². The van der Waals surface area contributed by atoms with Crippen LogP contribution in [0.4, 0.5) is 5.69 Å². The van der Waals surface area contributed by atoms with E-state index in [0.717, 1.165) is 26.4 Å². The number of hydrogen-bond acceptors (Lipinski definition) is 4. The molecule has 0 unspecified atom stereocenters. The molecule has 0 aliphatic rings. The van der Waals surface area contributed by atoms with Crippen molar-refractivity contribution in [2.75, 3.05) is 5.73 Å². The van der Waals surface area contributed by atoms with Crippen LogP contribution in [0.3, 0.4) is 0 Å². The van der Waals surface area contributed by atoms with Gasteiger partial charge >= 0.3 is 0 Å². The maximum Gasteiger partial charge on any atom is 0.0941 e. The zero-order valence-corrected chi connectivity index (χ0v) is 10.4. The maximum absolute atomic E-state index is 5.68. The second-order valence-electron chi connectivity index (χ2n) is 3.90. The predicted molar refractivity (Wildman–Crippen MR) is 74.5 cm³/mol. The summed E-state index contributed by atoms with van der Waals surface area (Å²) in [5.74, 6) is 0. The van der Waals surface area contributed by atoms with E-state index < -0.39 is 0 Å². The van der Waals surface area contributed by atoms with Gasteiger partial charge in [-0.25, -0.2) is 0 Å². The predicted octanol–water partition coefficient (Wildman–Crippen LogP) is 3.36. The van der Waals surface area contributed by atoms with Crippen LogP contribution in [0.2, 0.25) is 0 Å². The van der Waals surface area contributed by atoms with Crippen molar-refractivity contribution in [3.8, 4) is 0 Å². The number of hydrogen-bond donors (Lipinski definition) is 1. The van der Waals surface area contributed by atoms with Crippen LogP contribution in [0, 0.1) is 0 Å². The number of benzene rings is 2. The van der Waals surface area contributed by atoms with Gasteiger partial charge in [-0.05, 0) is 30.3 Å². The number of rotatable bonds is 2. The van der Waals surface area contributed by atoms with Crippen molar-refractivity contribution in [3.05, 3.63) is 54.7 Å². The van der Waals surface area contributed by atoms with Crippen LogP contribution in [0.25, 0.3) is 10.9 Å². The molecule has 0 saturated heterocycles. The second-order valence-corrected chi connectivity index (χ2v) is 5.01. The van der Waals surface area contributed by atoms with Crippen LogP contribution in [0.1, 0.15) is 0 Å². The largest absolute Gasteiger partial charge is 0.399 e. The third-order valence-corrected chi connectivity index (χ3v) is 3.67. The Morgan fingerprint density at radius 1 is 0.944 bits per heavy atom. The molecule has 0 aliphatic carbocycles. The van der Waals surface area contributed by atoms with E-state index in [4.69, 9.17) is 5.73 Å². The molecule has 0 bridgehead atoms. The molecule has 1 aromatic heterocycles. The highest BCUT2D eigenvalue weighted by Crippen LogP contribution is 2.32. The van der Waals surface area contributed by atoms with Gasteiger partial charge in [0, 0.05) is 20.9 Å². The highest BCUT2D eigenvalue weighted by Gasteiger charge is 2.04. The van der Waals surface area contributed by atoms with Crippen molar-refractivity contribution in [2.24, 2.45) is 0 Å². The average molecular weight is 253 g/mol. The van der Waals surface area contributed by atoms with Crippen LogP contribution >= 0.6 is 11.8 Å². The average Bonchev–Trinajstić information content (AvgIpc) is 2.42. The maximum atomic E-state index is 5.68. The first-order valence-corrected chi connectivity index (χ1v) is 6.38. The zero-order chi connectivity index (χ0) is 12.4. The van der Waals surface area contributed by atoms with E-state index in [9.17, 15) is 0 Å². The first-order chi connectivity index (χ1) is 8.83. The molecule has 3 rings (SSSR count). The van der Waals surface area contributed by atoms with Gasteiger partial charge in [-0.1, -0.05) is 30.0 Å². The SMILES string of the molecule is Nc1ccc(Sc2cnnc3ccccc23)cc1. The lowest BCUT2D eigenvalue weighted by molar-refractivity contribution is 1.05. The molecule has 88 valence electrons. The van der Waals surface area contributed by atoms with E-state index >= 15 is 0 Å². The molecule has 3 aromatic rings. The summed E-state index contributed by atoms with van der Waals surface area (Å²) in [5.41, 5.74) is 7.37. The third-order valence-electron chi connectivity index (χ3n) is 2.62. The number of anilines is 1. The Morgan fingerprint density at radius 3 is 2.56 bits per heavy atom. The first kappa shape index (κ1) is 11.0. The molecule has 0 aliphatic heterocycles. The number of nitrogen functional groups attached to an aromatic ring is 1. The van der Waals surface area contributed by atoms with E-state index in [2.05, 4.69) is 16.3 Å². The number of nitrogens with zero attached hydrogens (tertiary/aromatic N) is 2. The Balaban J connectivity index is 2.02. The summed E-state index contributed by atoms with van der Waals surface area (Å²) in [5, 5.41) is 9.27. The van der Waals surface area contributed by atoms with Crippen molar-refractivity contribution in [1.29, 1.82) is 0 Å². The third kappa shape index (κ3) is 2.15.